The molecule has 2 N–H and O–H groups in total. The van der Waals surface area contributed by atoms with Gasteiger partial charge in [-0.05, 0) is 18.9 Å². The molecule has 2 rings (SSSR count). The molecule has 0 saturated heterocycles. The van der Waals surface area contributed by atoms with Gasteiger partial charge in [0.05, 0.1) is 37.8 Å². The van der Waals surface area contributed by atoms with Crippen LogP contribution in [0.5, 0.6) is 11.5 Å². The lowest BCUT2D eigenvalue weighted by Gasteiger charge is -2.22. The molecule has 2 atom stereocenters. The molecule has 1 aromatic heterocycles. The molecule has 0 bridgehead atoms. The van der Waals surface area contributed by atoms with Gasteiger partial charge in [-0.15, -0.1) is 0 Å². The van der Waals surface area contributed by atoms with Gasteiger partial charge in [0.1, 0.15) is 12.4 Å². The molecule has 0 spiro atoms. The van der Waals surface area contributed by atoms with Gasteiger partial charge in [-0.25, -0.2) is 4.98 Å². The quantitative estimate of drug-likeness (QED) is 0.718. The molecule has 1 heterocycles. The van der Waals surface area contributed by atoms with Crippen molar-refractivity contribution in [2.75, 3.05) is 20.8 Å². The molecule has 148 valence electrons. The van der Waals surface area contributed by atoms with E-state index in [9.17, 15) is 14.7 Å². The first kappa shape index (κ1) is 20.7. The van der Waals surface area contributed by atoms with Crippen molar-refractivity contribution in [2.24, 2.45) is 5.92 Å². The van der Waals surface area contributed by atoms with Crippen LogP contribution in [0.4, 0.5) is 0 Å². The van der Waals surface area contributed by atoms with Gasteiger partial charge < -0.3 is 19.9 Å². The summed E-state index contributed by atoms with van der Waals surface area (Å²) in [6.07, 6.45) is 0.823. The SMILES string of the molecule is CCC(C)C(CO)NC(=O)Cn1c(C)nc2cc(OC)c(OC)cc2c1=O. The maximum Gasteiger partial charge on any atom is 0.262 e. The number of methoxy groups -OCH3 is 2. The molecule has 8 heteroatoms. The molecule has 2 unspecified atom stereocenters. The fourth-order valence-electron chi connectivity index (χ4n) is 2.89. The summed E-state index contributed by atoms with van der Waals surface area (Å²) in [5, 5.41) is 12.6. The molecule has 27 heavy (non-hydrogen) atoms. The Morgan fingerprint density at radius 1 is 1.30 bits per heavy atom. The lowest BCUT2D eigenvalue weighted by molar-refractivity contribution is -0.123. The second-order valence-corrected chi connectivity index (χ2v) is 6.52. The highest BCUT2D eigenvalue weighted by atomic mass is 16.5. The molecule has 0 aliphatic rings. The average molecular weight is 377 g/mol. The first-order chi connectivity index (χ1) is 12.9. The topological polar surface area (TPSA) is 103 Å². The third-order valence-corrected chi connectivity index (χ3v) is 4.83. The number of hydrogen-bond acceptors (Lipinski definition) is 6. The number of aliphatic hydroxyl groups excluding tert-OH is 1. The van der Waals surface area contributed by atoms with E-state index in [4.69, 9.17) is 9.47 Å². The minimum atomic E-state index is -0.351. The molecule has 2 aromatic rings. The number of hydrogen-bond donors (Lipinski definition) is 2. The molecule has 8 nitrogen and oxygen atoms in total. The van der Waals surface area contributed by atoms with Crippen molar-refractivity contribution in [1.29, 1.82) is 0 Å². The largest absolute Gasteiger partial charge is 0.493 e. The van der Waals surface area contributed by atoms with Crippen LogP contribution in [0, 0.1) is 12.8 Å². The number of nitrogens with one attached hydrogen (secondary N) is 1. The highest BCUT2D eigenvalue weighted by Crippen LogP contribution is 2.30. The van der Waals surface area contributed by atoms with E-state index in [0.29, 0.717) is 28.2 Å². The van der Waals surface area contributed by atoms with E-state index in [1.807, 2.05) is 13.8 Å². The summed E-state index contributed by atoms with van der Waals surface area (Å²) in [5.41, 5.74) is 0.136. The van der Waals surface area contributed by atoms with Crippen LogP contribution in [0.3, 0.4) is 0 Å². The number of aryl methyl sites for hydroxylation is 1. The second-order valence-electron chi connectivity index (χ2n) is 6.52. The lowest BCUT2D eigenvalue weighted by atomic mass is 10.00. The smallest absolute Gasteiger partial charge is 0.262 e. The summed E-state index contributed by atoms with van der Waals surface area (Å²) < 4.78 is 11.8. The van der Waals surface area contributed by atoms with Gasteiger partial charge in [0, 0.05) is 6.07 Å². The summed E-state index contributed by atoms with van der Waals surface area (Å²) >= 11 is 0. The lowest BCUT2D eigenvalue weighted by Crippen LogP contribution is -2.44. The number of aromatic nitrogens is 2. The van der Waals surface area contributed by atoms with Gasteiger partial charge in [0.25, 0.3) is 5.56 Å². The number of rotatable bonds is 8. The number of nitrogens with zero attached hydrogens (tertiary/aromatic N) is 2. The van der Waals surface area contributed by atoms with Crippen molar-refractivity contribution in [3.8, 4) is 11.5 Å². The first-order valence-electron chi connectivity index (χ1n) is 8.89. The monoisotopic (exact) mass is 377 g/mol. The van der Waals surface area contributed by atoms with Crippen LogP contribution in [0.2, 0.25) is 0 Å². The van der Waals surface area contributed by atoms with E-state index in [1.54, 1.807) is 19.1 Å². The standard InChI is InChI=1S/C19H27N3O5/c1-6-11(2)15(10-23)21-18(24)9-22-12(3)20-14-8-17(27-5)16(26-4)7-13(14)19(22)25/h7-8,11,15,23H,6,9-10H2,1-5H3,(H,21,24). The van der Waals surface area contributed by atoms with Crippen molar-refractivity contribution in [1.82, 2.24) is 14.9 Å². The Hall–Kier alpha value is -2.61. The maximum absolute atomic E-state index is 12.9. The summed E-state index contributed by atoms with van der Waals surface area (Å²) in [7, 11) is 3.00. The number of carbonyl (C=O) groups excluding carboxylic acids is 1. The molecule has 0 aliphatic heterocycles. The number of benzene rings is 1. The zero-order valence-corrected chi connectivity index (χ0v) is 16.4. The van der Waals surface area contributed by atoms with Gasteiger partial charge in [-0.1, -0.05) is 20.3 Å². The van der Waals surface area contributed by atoms with E-state index in [2.05, 4.69) is 10.3 Å². The Bertz CT molecular complexity index is 878. The highest BCUT2D eigenvalue weighted by Gasteiger charge is 2.19. The zero-order chi connectivity index (χ0) is 20.1. The molecule has 1 amide bonds. The van der Waals surface area contributed by atoms with Crippen LogP contribution >= 0.6 is 0 Å². The van der Waals surface area contributed by atoms with E-state index in [-0.39, 0.29) is 36.6 Å². The third-order valence-electron chi connectivity index (χ3n) is 4.83. The minimum absolute atomic E-state index is 0.128. The Kier molecular flexibility index (Phi) is 6.79. The Morgan fingerprint density at radius 2 is 1.93 bits per heavy atom. The maximum atomic E-state index is 12.9. The van der Waals surface area contributed by atoms with Crippen LogP contribution in [-0.4, -0.2) is 47.4 Å². The van der Waals surface area contributed by atoms with Gasteiger partial charge >= 0.3 is 0 Å². The van der Waals surface area contributed by atoms with Crippen molar-refractivity contribution in [2.45, 2.75) is 39.8 Å². The molecule has 0 aliphatic carbocycles. The van der Waals surface area contributed by atoms with Crippen molar-refractivity contribution in [3.63, 3.8) is 0 Å². The molecular formula is C19H27N3O5. The van der Waals surface area contributed by atoms with E-state index < -0.39 is 0 Å². The normalized spacial score (nSPS) is 13.3. The fourth-order valence-corrected chi connectivity index (χ4v) is 2.89. The molecular weight excluding hydrogens is 350 g/mol. The van der Waals surface area contributed by atoms with Crippen LogP contribution < -0.4 is 20.3 Å². The molecule has 0 saturated carbocycles. The summed E-state index contributed by atoms with van der Waals surface area (Å²) in [6, 6.07) is 2.85. The van der Waals surface area contributed by atoms with E-state index in [1.165, 1.54) is 18.8 Å². The molecule has 0 radical (unpaired) electrons. The number of aliphatic hydroxyl groups is 1. The van der Waals surface area contributed by atoms with Crippen molar-refractivity contribution in [3.05, 3.63) is 28.3 Å². The van der Waals surface area contributed by atoms with E-state index >= 15 is 0 Å². The van der Waals surface area contributed by atoms with E-state index in [0.717, 1.165) is 6.42 Å². The number of ether oxygens (including phenoxy) is 2. The molecule has 0 fully saturated rings. The fraction of sp³-hybridized carbons (Fsp3) is 0.526. The highest BCUT2D eigenvalue weighted by molar-refractivity contribution is 5.82. The van der Waals surface area contributed by atoms with Crippen LogP contribution in [0.15, 0.2) is 16.9 Å². The predicted molar refractivity (Wildman–Crippen MR) is 102 cm³/mol. The van der Waals surface area contributed by atoms with Crippen LogP contribution in [0.1, 0.15) is 26.1 Å². The van der Waals surface area contributed by atoms with Gasteiger partial charge in [-0.2, -0.15) is 0 Å². The van der Waals surface area contributed by atoms with Gasteiger partial charge in [0.2, 0.25) is 5.91 Å². The number of carbonyl (C=O) groups is 1. The van der Waals surface area contributed by atoms with Crippen LogP contribution in [-0.2, 0) is 11.3 Å². The Labute approximate surface area is 158 Å². The van der Waals surface area contributed by atoms with Crippen LogP contribution in [0.25, 0.3) is 10.9 Å². The van der Waals surface area contributed by atoms with Gasteiger partial charge in [-0.3, -0.25) is 14.2 Å². The second kappa shape index (κ2) is 8.85. The Balaban J connectivity index is 2.38. The number of fused-ring (bicyclic) bond motifs is 1. The minimum Gasteiger partial charge on any atom is -0.493 e. The Morgan fingerprint density at radius 3 is 2.48 bits per heavy atom. The predicted octanol–water partition coefficient (Wildman–Crippen LogP) is 1.25. The zero-order valence-electron chi connectivity index (χ0n) is 16.4. The third kappa shape index (κ3) is 4.39. The van der Waals surface area contributed by atoms with Crippen molar-refractivity contribution < 1.29 is 19.4 Å². The average Bonchev–Trinajstić information content (AvgIpc) is 2.67. The van der Waals surface area contributed by atoms with Gasteiger partial charge in [0.15, 0.2) is 11.5 Å². The molecule has 1 aromatic carbocycles. The summed E-state index contributed by atoms with van der Waals surface area (Å²) in [5.74, 6) is 1.09. The summed E-state index contributed by atoms with van der Waals surface area (Å²) in [6.45, 7) is 5.29. The summed E-state index contributed by atoms with van der Waals surface area (Å²) in [4.78, 5) is 29.7. The number of amides is 1. The van der Waals surface area contributed by atoms with Crippen molar-refractivity contribution >= 4 is 16.8 Å². The first-order valence-corrected chi connectivity index (χ1v) is 8.89.